The van der Waals surface area contributed by atoms with E-state index in [2.05, 4.69) is 39.0 Å². The van der Waals surface area contributed by atoms with Crippen LogP contribution in [0.5, 0.6) is 0 Å². The molecule has 0 radical (unpaired) electrons. The number of aliphatic hydroxyl groups is 1. The number of carboxylic acid groups (broad SMARTS) is 1. The van der Waals surface area contributed by atoms with Gasteiger partial charge in [-0.05, 0) is 89.6 Å². The van der Waals surface area contributed by atoms with Gasteiger partial charge in [0.1, 0.15) is 11.6 Å². The number of aromatic nitrogens is 1. The van der Waals surface area contributed by atoms with Crippen molar-refractivity contribution in [2.45, 2.75) is 59.1 Å². The van der Waals surface area contributed by atoms with E-state index in [4.69, 9.17) is 4.74 Å². The van der Waals surface area contributed by atoms with Gasteiger partial charge in [-0.3, -0.25) is 0 Å². The number of carboxylic acids is 1. The number of carbonyl (C=O) groups excluding carboxylic acids is 1. The number of halogens is 1. The molecule has 4 N–H and O–H groups in total. The topological polar surface area (TPSA) is 112 Å². The first-order chi connectivity index (χ1) is 16.3. The Morgan fingerprint density at radius 3 is 2.40 bits per heavy atom. The lowest BCUT2D eigenvalue weighted by Gasteiger charge is -2.22. The first-order valence-electron chi connectivity index (χ1n) is 11.5. The minimum Gasteiger partial charge on any atom is -0.480 e. The molecule has 0 aliphatic carbocycles. The summed E-state index contributed by atoms with van der Waals surface area (Å²) < 4.78 is 6.27. The minimum atomic E-state index is -1.12. The molecule has 0 saturated carbocycles. The maximum atomic E-state index is 12.1. The molecular weight excluding hydrogens is 559 g/mol. The number of aromatic amines is 1. The summed E-state index contributed by atoms with van der Waals surface area (Å²) >= 11 is 2.30. The molecule has 0 aliphatic heterocycles. The van der Waals surface area contributed by atoms with Crippen LogP contribution in [-0.2, 0) is 22.4 Å². The van der Waals surface area contributed by atoms with Gasteiger partial charge in [-0.25, -0.2) is 9.59 Å². The van der Waals surface area contributed by atoms with Crippen LogP contribution >= 0.6 is 22.6 Å². The first kappa shape index (κ1) is 27.0. The minimum absolute atomic E-state index is 0.0968. The Bertz CT molecular complexity index is 1230. The Morgan fingerprint density at radius 1 is 1.09 bits per heavy atom. The SMILES string of the molecule is CC(C)(CO)Cc1c(I)[nH]c2ccc(-c3cccc(C[C@H](NC(=O)OC(C)(C)C)C(=O)O)c3)cc12. The van der Waals surface area contributed by atoms with Gasteiger partial charge < -0.3 is 25.3 Å². The largest absolute Gasteiger partial charge is 0.480 e. The Labute approximate surface area is 219 Å². The van der Waals surface area contributed by atoms with Gasteiger partial charge in [0.2, 0.25) is 0 Å². The molecule has 3 aromatic rings. The molecule has 0 aliphatic rings. The quantitative estimate of drug-likeness (QED) is 0.258. The smallest absolute Gasteiger partial charge is 0.408 e. The normalized spacial score (nSPS) is 13.0. The van der Waals surface area contributed by atoms with Gasteiger partial charge in [-0.15, -0.1) is 0 Å². The molecule has 8 heteroatoms. The lowest BCUT2D eigenvalue weighted by atomic mass is 9.86. The molecule has 35 heavy (non-hydrogen) atoms. The monoisotopic (exact) mass is 592 g/mol. The standard InChI is InChI=1S/C27H33IN2O5/c1-26(2,3)35-25(34)30-22(24(32)33)12-16-7-6-8-17(11-16)18-9-10-21-19(13-18)20(23(28)29-21)14-27(4,5)15-31/h6-11,13,22,29,31H,12,14-15H2,1-5H3,(H,30,34)(H,32,33)/t22-/m0/s1. The lowest BCUT2D eigenvalue weighted by molar-refractivity contribution is -0.139. The van der Waals surface area contributed by atoms with Crippen molar-refractivity contribution in [3.8, 4) is 11.1 Å². The highest BCUT2D eigenvalue weighted by molar-refractivity contribution is 14.1. The molecule has 1 atom stereocenters. The molecule has 1 heterocycles. The van der Waals surface area contributed by atoms with Crippen LogP contribution in [0.25, 0.3) is 22.0 Å². The highest BCUT2D eigenvalue weighted by Crippen LogP contribution is 2.33. The second-order valence-electron chi connectivity index (χ2n) is 10.6. The summed E-state index contributed by atoms with van der Waals surface area (Å²) in [6, 6.07) is 12.8. The van der Waals surface area contributed by atoms with E-state index in [1.54, 1.807) is 20.8 Å². The molecular formula is C27H33IN2O5. The van der Waals surface area contributed by atoms with Gasteiger partial charge in [0.25, 0.3) is 0 Å². The summed E-state index contributed by atoms with van der Waals surface area (Å²) in [5, 5.41) is 23.0. The van der Waals surface area contributed by atoms with Crippen molar-refractivity contribution >= 4 is 45.6 Å². The van der Waals surface area contributed by atoms with Crippen LogP contribution in [0, 0.1) is 9.12 Å². The van der Waals surface area contributed by atoms with E-state index in [1.165, 1.54) is 5.56 Å². The van der Waals surface area contributed by atoms with Gasteiger partial charge in [-0.1, -0.05) is 44.2 Å². The van der Waals surface area contributed by atoms with E-state index < -0.39 is 23.7 Å². The number of hydrogen-bond acceptors (Lipinski definition) is 4. The Balaban J connectivity index is 1.88. The van der Waals surface area contributed by atoms with E-state index in [9.17, 15) is 19.8 Å². The molecule has 3 rings (SSSR count). The number of ether oxygens (including phenoxy) is 1. The summed E-state index contributed by atoms with van der Waals surface area (Å²) in [6.07, 6.45) is 0.108. The van der Waals surface area contributed by atoms with Gasteiger partial charge in [0.15, 0.2) is 0 Å². The number of carbonyl (C=O) groups is 2. The maximum absolute atomic E-state index is 12.1. The zero-order chi connectivity index (χ0) is 26.0. The second-order valence-corrected chi connectivity index (χ2v) is 11.7. The Kier molecular flexibility index (Phi) is 8.16. The van der Waals surface area contributed by atoms with Crippen LogP contribution in [0.2, 0.25) is 0 Å². The summed E-state index contributed by atoms with van der Waals surface area (Å²) in [4.78, 5) is 27.3. The van der Waals surface area contributed by atoms with E-state index in [0.717, 1.165) is 37.7 Å². The zero-order valence-electron chi connectivity index (χ0n) is 20.7. The van der Waals surface area contributed by atoms with Crippen LogP contribution in [-0.4, -0.2) is 45.5 Å². The lowest BCUT2D eigenvalue weighted by Crippen LogP contribution is -2.44. The predicted molar refractivity (Wildman–Crippen MR) is 146 cm³/mol. The number of rotatable bonds is 8. The number of benzene rings is 2. The van der Waals surface area contributed by atoms with Crippen LogP contribution < -0.4 is 5.32 Å². The number of hydrogen-bond donors (Lipinski definition) is 4. The van der Waals surface area contributed by atoms with Gasteiger partial charge in [0, 0.05) is 23.9 Å². The summed E-state index contributed by atoms with van der Waals surface area (Å²) in [7, 11) is 0. The summed E-state index contributed by atoms with van der Waals surface area (Å²) in [5.41, 5.74) is 4.00. The fourth-order valence-corrected chi connectivity index (χ4v) is 4.64. The molecule has 1 amide bonds. The van der Waals surface area contributed by atoms with E-state index in [-0.39, 0.29) is 18.4 Å². The van der Waals surface area contributed by atoms with Crippen molar-refractivity contribution in [2.75, 3.05) is 6.61 Å². The molecule has 0 spiro atoms. The number of aliphatic carboxylic acids is 1. The van der Waals surface area contributed by atoms with Gasteiger partial charge >= 0.3 is 12.1 Å². The van der Waals surface area contributed by atoms with Crippen molar-refractivity contribution in [3.05, 3.63) is 57.3 Å². The van der Waals surface area contributed by atoms with Crippen LogP contribution in [0.3, 0.4) is 0 Å². The third-order valence-corrected chi connectivity index (χ3v) is 6.55. The number of H-pyrrole nitrogens is 1. The Hall–Kier alpha value is -2.59. The van der Waals surface area contributed by atoms with Crippen LogP contribution in [0.4, 0.5) is 4.79 Å². The average Bonchev–Trinajstić information content (AvgIpc) is 3.06. The highest BCUT2D eigenvalue weighted by Gasteiger charge is 2.25. The Morgan fingerprint density at radius 2 is 1.77 bits per heavy atom. The van der Waals surface area contributed by atoms with E-state index in [1.807, 2.05) is 50.2 Å². The zero-order valence-corrected chi connectivity index (χ0v) is 22.9. The summed E-state index contributed by atoms with van der Waals surface area (Å²) in [6.45, 7) is 9.36. The number of nitrogens with one attached hydrogen (secondary N) is 2. The number of amides is 1. The first-order valence-corrected chi connectivity index (χ1v) is 12.6. The summed E-state index contributed by atoms with van der Waals surface area (Å²) in [5.74, 6) is -1.12. The number of aliphatic hydroxyl groups excluding tert-OH is 1. The maximum Gasteiger partial charge on any atom is 0.408 e. The molecule has 0 fully saturated rings. The third kappa shape index (κ3) is 7.20. The fourth-order valence-electron chi connectivity index (χ4n) is 3.87. The van der Waals surface area contributed by atoms with E-state index >= 15 is 0 Å². The van der Waals surface area contributed by atoms with Crippen molar-refractivity contribution in [3.63, 3.8) is 0 Å². The number of alkyl carbamates (subject to hydrolysis) is 1. The molecule has 188 valence electrons. The van der Waals surface area contributed by atoms with Gasteiger partial charge in [0.05, 0.1) is 3.70 Å². The second kappa shape index (κ2) is 10.6. The van der Waals surface area contributed by atoms with Crippen molar-refractivity contribution in [1.29, 1.82) is 0 Å². The van der Waals surface area contributed by atoms with E-state index in [0.29, 0.717) is 0 Å². The van der Waals surface area contributed by atoms with Crippen LogP contribution in [0.1, 0.15) is 45.7 Å². The molecule has 0 unspecified atom stereocenters. The van der Waals surface area contributed by atoms with Gasteiger partial charge in [-0.2, -0.15) is 0 Å². The van der Waals surface area contributed by atoms with Crippen LogP contribution in [0.15, 0.2) is 42.5 Å². The third-order valence-electron chi connectivity index (χ3n) is 5.63. The molecule has 1 aromatic heterocycles. The molecule has 0 saturated heterocycles. The van der Waals surface area contributed by atoms with Crippen molar-refractivity contribution < 1.29 is 24.5 Å². The number of fused-ring (bicyclic) bond motifs is 1. The predicted octanol–water partition coefficient (Wildman–Crippen LogP) is 5.52. The molecule has 7 nitrogen and oxygen atoms in total. The van der Waals surface area contributed by atoms with Crippen molar-refractivity contribution in [1.82, 2.24) is 10.3 Å². The average molecular weight is 592 g/mol. The highest BCUT2D eigenvalue weighted by atomic mass is 127. The fraction of sp³-hybridized carbons (Fsp3) is 0.407. The molecule has 0 bridgehead atoms. The van der Waals surface area contributed by atoms with Crippen molar-refractivity contribution in [2.24, 2.45) is 5.41 Å². The molecule has 2 aromatic carbocycles.